The maximum absolute atomic E-state index is 12.1. The van der Waals surface area contributed by atoms with Crippen LogP contribution in [0.1, 0.15) is 53.7 Å². The van der Waals surface area contributed by atoms with E-state index < -0.39 is 0 Å². The molecule has 0 aliphatic heterocycles. The molecule has 146 valence electrons. The second kappa shape index (κ2) is 11.3. The molecule has 2 aromatic rings. The predicted octanol–water partition coefficient (Wildman–Crippen LogP) is 3.46. The Balaban J connectivity index is 1.66. The number of thiazole rings is 1. The molecule has 7 heteroatoms. The number of unbranched alkanes of at least 4 members (excludes halogenated alkanes) is 2. The molecule has 2 N–H and O–H groups in total. The summed E-state index contributed by atoms with van der Waals surface area (Å²) >= 11 is 1.39. The van der Waals surface area contributed by atoms with Gasteiger partial charge in [-0.2, -0.15) is 0 Å². The van der Waals surface area contributed by atoms with Crippen molar-refractivity contribution in [2.45, 2.75) is 46.1 Å². The lowest BCUT2D eigenvalue weighted by Gasteiger charge is -2.06. The van der Waals surface area contributed by atoms with E-state index in [1.165, 1.54) is 16.9 Å². The highest BCUT2D eigenvalue weighted by Crippen LogP contribution is 2.16. The van der Waals surface area contributed by atoms with Crippen LogP contribution in [0.2, 0.25) is 0 Å². The van der Waals surface area contributed by atoms with Gasteiger partial charge in [0.2, 0.25) is 5.91 Å². The van der Waals surface area contributed by atoms with Crippen LogP contribution in [0.4, 0.5) is 0 Å². The van der Waals surface area contributed by atoms with Crippen molar-refractivity contribution in [2.75, 3.05) is 13.1 Å². The highest BCUT2D eigenvalue weighted by molar-refractivity contribution is 7.09. The van der Waals surface area contributed by atoms with E-state index in [4.69, 9.17) is 4.74 Å². The summed E-state index contributed by atoms with van der Waals surface area (Å²) in [6.07, 6.45) is 3.60. The smallest absolute Gasteiger partial charge is 0.270 e. The van der Waals surface area contributed by atoms with Gasteiger partial charge in [-0.25, -0.2) is 4.98 Å². The molecule has 0 saturated heterocycles. The van der Waals surface area contributed by atoms with E-state index in [0.717, 1.165) is 30.0 Å². The number of ether oxygens (including phenoxy) is 1. The van der Waals surface area contributed by atoms with Crippen LogP contribution < -0.4 is 15.4 Å². The Labute approximate surface area is 164 Å². The molecule has 0 bridgehead atoms. The van der Waals surface area contributed by atoms with Gasteiger partial charge < -0.3 is 15.4 Å². The number of nitrogens with one attached hydrogen (secondary N) is 2. The molecule has 2 rings (SSSR count). The Morgan fingerprint density at radius 3 is 2.59 bits per heavy atom. The van der Waals surface area contributed by atoms with Crippen LogP contribution >= 0.6 is 11.3 Å². The van der Waals surface area contributed by atoms with E-state index >= 15 is 0 Å². The fourth-order valence-corrected chi connectivity index (χ4v) is 3.04. The van der Waals surface area contributed by atoms with Crippen LogP contribution in [0, 0.1) is 6.92 Å². The summed E-state index contributed by atoms with van der Waals surface area (Å²) in [5.74, 6) is 0.562. The predicted molar refractivity (Wildman–Crippen MR) is 107 cm³/mol. The summed E-state index contributed by atoms with van der Waals surface area (Å²) < 4.78 is 5.67. The van der Waals surface area contributed by atoms with Crippen molar-refractivity contribution in [1.29, 1.82) is 0 Å². The van der Waals surface area contributed by atoms with Gasteiger partial charge in [-0.15, -0.1) is 11.3 Å². The summed E-state index contributed by atoms with van der Waals surface area (Å²) in [7, 11) is 0. The molecule has 0 radical (unpaired) electrons. The second-order valence-electron chi connectivity index (χ2n) is 6.29. The summed E-state index contributed by atoms with van der Waals surface area (Å²) in [4.78, 5) is 28.0. The Morgan fingerprint density at radius 2 is 1.85 bits per heavy atom. The van der Waals surface area contributed by atoms with Crippen molar-refractivity contribution in [1.82, 2.24) is 15.6 Å². The molecule has 0 unspecified atom stereocenters. The Morgan fingerprint density at radius 1 is 1.11 bits per heavy atom. The molecule has 1 aromatic carbocycles. The molecule has 2 amide bonds. The fraction of sp³-hybridized carbons (Fsp3) is 0.450. The van der Waals surface area contributed by atoms with Gasteiger partial charge in [-0.3, -0.25) is 9.59 Å². The van der Waals surface area contributed by atoms with E-state index in [-0.39, 0.29) is 11.8 Å². The first-order chi connectivity index (χ1) is 13.1. The third-order valence-corrected chi connectivity index (χ3v) is 4.73. The largest absolute Gasteiger partial charge is 0.486 e. The number of rotatable bonds is 11. The van der Waals surface area contributed by atoms with E-state index in [0.29, 0.717) is 31.8 Å². The highest BCUT2D eigenvalue weighted by Gasteiger charge is 2.11. The first-order valence-corrected chi connectivity index (χ1v) is 10.1. The van der Waals surface area contributed by atoms with Gasteiger partial charge in [-0.05, 0) is 25.5 Å². The van der Waals surface area contributed by atoms with E-state index in [1.54, 1.807) is 5.38 Å². The van der Waals surface area contributed by atoms with Crippen molar-refractivity contribution in [3.05, 3.63) is 45.9 Å². The van der Waals surface area contributed by atoms with Gasteiger partial charge in [0, 0.05) is 24.9 Å². The van der Waals surface area contributed by atoms with Gasteiger partial charge >= 0.3 is 0 Å². The lowest BCUT2D eigenvalue weighted by atomic mass is 10.2. The van der Waals surface area contributed by atoms with Crippen LogP contribution in [0.15, 0.2) is 29.6 Å². The SMILES string of the molecule is CCCCCC(=O)NCCNC(=O)c1csc(COc2ccc(C)cc2)n1. The number of nitrogens with zero attached hydrogens (tertiary/aromatic N) is 1. The van der Waals surface area contributed by atoms with Crippen LogP contribution in [-0.4, -0.2) is 29.9 Å². The van der Waals surface area contributed by atoms with Gasteiger partial charge in [0.05, 0.1) is 0 Å². The third-order valence-electron chi connectivity index (χ3n) is 3.91. The van der Waals surface area contributed by atoms with Crippen molar-refractivity contribution in [2.24, 2.45) is 0 Å². The van der Waals surface area contributed by atoms with Gasteiger partial charge in [0.25, 0.3) is 5.91 Å². The van der Waals surface area contributed by atoms with Crippen molar-refractivity contribution >= 4 is 23.2 Å². The standard InChI is InChI=1S/C20H27N3O3S/c1-3-4-5-6-18(24)21-11-12-22-20(25)17-14-27-19(23-17)13-26-16-9-7-15(2)8-10-16/h7-10,14H,3-6,11-13H2,1-2H3,(H,21,24)(H,22,25). The molecule has 0 saturated carbocycles. The number of hydrogen-bond donors (Lipinski definition) is 2. The van der Waals surface area contributed by atoms with Crippen LogP contribution in [0.3, 0.4) is 0 Å². The summed E-state index contributed by atoms with van der Waals surface area (Å²) in [5.41, 5.74) is 1.55. The average Bonchev–Trinajstić information content (AvgIpc) is 3.14. The molecule has 0 spiro atoms. The number of carbonyl (C=O) groups excluding carboxylic acids is 2. The van der Waals surface area contributed by atoms with E-state index in [1.807, 2.05) is 31.2 Å². The minimum absolute atomic E-state index is 0.0295. The summed E-state index contributed by atoms with van der Waals surface area (Å²) in [6, 6.07) is 7.79. The normalized spacial score (nSPS) is 10.4. The van der Waals surface area contributed by atoms with Crippen molar-refractivity contribution in [3.8, 4) is 5.75 Å². The first kappa shape index (κ1) is 20.9. The maximum atomic E-state index is 12.1. The molecule has 1 aromatic heterocycles. The molecule has 0 fully saturated rings. The summed E-state index contributed by atoms with van der Waals surface area (Å²) in [6.45, 7) is 5.25. The number of carbonyl (C=O) groups is 2. The molecule has 27 heavy (non-hydrogen) atoms. The lowest BCUT2D eigenvalue weighted by molar-refractivity contribution is -0.121. The minimum Gasteiger partial charge on any atom is -0.486 e. The van der Waals surface area contributed by atoms with E-state index in [2.05, 4.69) is 22.5 Å². The zero-order valence-corrected chi connectivity index (χ0v) is 16.7. The molecular formula is C20H27N3O3S. The number of aromatic nitrogens is 1. The van der Waals surface area contributed by atoms with Gasteiger partial charge in [-0.1, -0.05) is 37.5 Å². The third kappa shape index (κ3) is 7.78. The highest BCUT2D eigenvalue weighted by atomic mass is 32.1. The Bertz CT molecular complexity index is 728. The van der Waals surface area contributed by atoms with Gasteiger partial charge in [0.15, 0.2) is 0 Å². The first-order valence-electron chi connectivity index (χ1n) is 9.27. The quantitative estimate of drug-likeness (QED) is 0.577. The number of benzene rings is 1. The monoisotopic (exact) mass is 389 g/mol. The number of amides is 2. The number of hydrogen-bond acceptors (Lipinski definition) is 5. The number of aryl methyl sites for hydroxylation is 1. The maximum Gasteiger partial charge on any atom is 0.270 e. The molecule has 6 nitrogen and oxygen atoms in total. The topological polar surface area (TPSA) is 80.3 Å². The molecular weight excluding hydrogens is 362 g/mol. The lowest BCUT2D eigenvalue weighted by Crippen LogP contribution is -2.34. The van der Waals surface area contributed by atoms with Crippen molar-refractivity contribution < 1.29 is 14.3 Å². The average molecular weight is 390 g/mol. The molecule has 1 heterocycles. The zero-order chi connectivity index (χ0) is 19.5. The summed E-state index contributed by atoms with van der Waals surface area (Å²) in [5, 5.41) is 8.02. The molecule has 0 aliphatic carbocycles. The minimum atomic E-state index is -0.243. The zero-order valence-electron chi connectivity index (χ0n) is 15.9. The van der Waals surface area contributed by atoms with Crippen LogP contribution in [-0.2, 0) is 11.4 Å². The fourth-order valence-electron chi connectivity index (χ4n) is 2.35. The molecule has 0 atom stereocenters. The van der Waals surface area contributed by atoms with Crippen LogP contribution in [0.5, 0.6) is 5.75 Å². The second-order valence-corrected chi connectivity index (χ2v) is 7.23. The van der Waals surface area contributed by atoms with Crippen LogP contribution in [0.25, 0.3) is 0 Å². The molecule has 0 aliphatic rings. The van der Waals surface area contributed by atoms with E-state index in [9.17, 15) is 9.59 Å². The Hall–Kier alpha value is -2.41. The van der Waals surface area contributed by atoms with Crippen molar-refractivity contribution in [3.63, 3.8) is 0 Å². The Kier molecular flexibility index (Phi) is 8.77. The van der Waals surface area contributed by atoms with Gasteiger partial charge in [0.1, 0.15) is 23.1 Å².